The number of benzene rings is 1. The standard InChI is InChI=1S/C14H22N4O2/c1-12-3-4-13(18(19)20)11-14(12)16-5-2-8-17-9-6-15-7-10-17/h3-4,11,15-16H,2,5-10H2,1H3. The third kappa shape index (κ3) is 4.18. The summed E-state index contributed by atoms with van der Waals surface area (Å²) in [5, 5.41) is 17.4. The highest BCUT2D eigenvalue weighted by Crippen LogP contribution is 2.21. The van der Waals surface area contributed by atoms with Crippen molar-refractivity contribution < 1.29 is 4.92 Å². The van der Waals surface area contributed by atoms with Crippen LogP contribution in [0.5, 0.6) is 0 Å². The molecule has 1 heterocycles. The second-order valence-electron chi connectivity index (χ2n) is 5.13. The van der Waals surface area contributed by atoms with Gasteiger partial charge in [0.1, 0.15) is 0 Å². The molecule has 0 spiro atoms. The van der Waals surface area contributed by atoms with Crippen LogP contribution in [0.2, 0.25) is 0 Å². The van der Waals surface area contributed by atoms with Gasteiger partial charge in [0.05, 0.1) is 4.92 Å². The molecule has 2 N–H and O–H groups in total. The molecule has 2 rings (SSSR count). The Kier molecular flexibility index (Phi) is 5.31. The quantitative estimate of drug-likeness (QED) is 0.470. The highest BCUT2D eigenvalue weighted by Gasteiger charge is 2.10. The molecule has 0 saturated carbocycles. The van der Waals surface area contributed by atoms with Crippen LogP contribution in [0.3, 0.4) is 0 Å². The fraction of sp³-hybridized carbons (Fsp3) is 0.571. The van der Waals surface area contributed by atoms with Crippen LogP contribution in [-0.4, -0.2) is 49.1 Å². The maximum absolute atomic E-state index is 10.8. The Bertz CT molecular complexity index is 458. The minimum atomic E-state index is -0.356. The van der Waals surface area contributed by atoms with Crippen molar-refractivity contribution in [2.45, 2.75) is 13.3 Å². The van der Waals surface area contributed by atoms with Crippen LogP contribution in [0.1, 0.15) is 12.0 Å². The van der Waals surface area contributed by atoms with E-state index in [9.17, 15) is 10.1 Å². The predicted molar refractivity (Wildman–Crippen MR) is 80.2 cm³/mol. The largest absolute Gasteiger partial charge is 0.385 e. The lowest BCUT2D eigenvalue weighted by Crippen LogP contribution is -2.44. The van der Waals surface area contributed by atoms with Gasteiger partial charge >= 0.3 is 0 Å². The van der Waals surface area contributed by atoms with E-state index in [-0.39, 0.29) is 10.6 Å². The zero-order chi connectivity index (χ0) is 14.4. The molecule has 1 fully saturated rings. The SMILES string of the molecule is Cc1ccc([N+](=O)[O-])cc1NCCCN1CCNCC1. The lowest BCUT2D eigenvalue weighted by atomic mass is 10.2. The number of anilines is 1. The normalized spacial score (nSPS) is 16.1. The minimum Gasteiger partial charge on any atom is -0.385 e. The molecule has 6 nitrogen and oxygen atoms in total. The van der Waals surface area contributed by atoms with E-state index in [2.05, 4.69) is 15.5 Å². The second-order valence-corrected chi connectivity index (χ2v) is 5.13. The summed E-state index contributed by atoms with van der Waals surface area (Å²) >= 11 is 0. The van der Waals surface area contributed by atoms with Crippen molar-refractivity contribution in [1.29, 1.82) is 0 Å². The lowest BCUT2D eigenvalue weighted by Gasteiger charge is -2.27. The topological polar surface area (TPSA) is 70.4 Å². The van der Waals surface area contributed by atoms with Gasteiger partial charge in [-0.2, -0.15) is 0 Å². The smallest absolute Gasteiger partial charge is 0.271 e. The molecule has 1 aromatic rings. The first-order valence-electron chi connectivity index (χ1n) is 7.09. The van der Waals surface area contributed by atoms with Gasteiger partial charge in [-0.05, 0) is 25.5 Å². The van der Waals surface area contributed by atoms with Crippen LogP contribution >= 0.6 is 0 Å². The summed E-state index contributed by atoms with van der Waals surface area (Å²) in [6, 6.07) is 4.94. The summed E-state index contributed by atoms with van der Waals surface area (Å²) in [7, 11) is 0. The number of nitro groups is 1. The van der Waals surface area contributed by atoms with Gasteiger partial charge in [0.25, 0.3) is 5.69 Å². The number of nitro benzene ring substituents is 1. The molecule has 0 unspecified atom stereocenters. The molecule has 0 radical (unpaired) electrons. The van der Waals surface area contributed by atoms with Gasteiger partial charge in [-0.15, -0.1) is 0 Å². The average Bonchev–Trinajstić information content (AvgIpc) is 2.46. The number of rotatable bonds is 6. The maximum Gasteiger partial charge on any atom is 0.271 e. The molecule has 1 aliphatic heterocycles. The third-order valence-corrected chi connectivity index (χ3v) is 3.61. The number of nitrogens with zero attached hydrogens (tertiary/aromatic N) is 2. The monoisotopic (exact) mass is 278 g/mol. The van der Waals surface area contributed by atoms with Crippen molar-refractivity contribution in [3.8, 4) is 0 Å². The first kappa shape index (κ1) is 14.7. The van der Waals surface area contributed by atoms with Crippen LogP contribution in [0.25, 0.3) is 0 Å². The molecular formula is C14H22N4O2. The fourth-order valence-electron chi connectivity index (χ4n) is 2.37. The highest BCUT2D eigenvalue weighted by atomic mass is 16.6. The van der Waals surface area contributed by atoms with Gasteiger partial charge in [-0.25, -0.2) is 0 Å². The Morgan fingerprint density at radius 2 is 2.15 bits per heavy atom. The van der Waals surface area contributed by atoms with Crippen LogP contribution < -0.4 is 10.6 Å². The summed E-state index contributed by atoms with van der Waals surface area (Å²) in [6.07, 6.45) is 1.04. The van der Waals surface area contributed by atoms with E-state index >= 15 is 0 Å². The van der Waals surface area contributed by atoms with Crippen LogP contribution in [0, 0.1) is 17.0 Å². The molecular weight excluding hydrogens is 256 g/mol. The van der Waals surface area contributed by atoms with Crippen LogP contribution in [-0.2, 0) is 0 Å². The maximum atomic E-state index is 10.8. The molecule has 110 valence electrons. The van der Waals surface area contributed by atoms with Gasteiger partial charge in [-0.3, -0.25) is 10.1 Å². The van der Waals surface area contributed by atoms with Gasteiger partial charge < -0.3 is 15.5 Å². The fourth-order valence-corrected chi connectivity index (χ4v) is 2.37. The first-order valence-corrected chi connectivity index (χ1v) is 7.09. The van der Waals surface area contributed by atoms with Gasteiger partial charge in [-0.1, -0.05) is 6.07 Å². The Morgan fingerprint density at radius 3 is 2.85 bits per heavy atom. The summed E-state index contributed by atoms with van der Waals surface area (Å²) in [5.41, 5.74) is 2.04. The van der Waals surface area contributed by atoms with Crippen molar-refractivity contribution in [1.82, 2.24) is 10.2 Å². The second kappa shape index (κ2) is 7.21. The zero-order valence-electron chi connectivity index (χ0n) is 11.9. The van der Waals surface area contributed by atoms with E-state index in [1.165, 1.54) is 0 Å². The lowest BCUT2D eigenvalue weighted by molar-refractivity contribution is -0.384. The molecule has 1 aliphatic rings. The number of aryl methyl sites for hydroxylation is 1. The van der Waals surface area contributed by atoms with Gasteiger partial charge in [0.2, 0.25) is 0 Å². The summed E-state index contributed by atoms with van der Waals surface area (Å²) in [6.45, 7) is 8.22. The van der Waals surface area contributed by atoms with Crippen molar-refractivity contribution in [2.24, 2.45) is 0 Å². The molecule has 6 heteroatoms. The molecule has 1 aromatic carbocycles. The molecule has 0 aliphatic carbocycles. The number of hydrogen-bond donors (Lipinski definition) is 2. The molecule has 0 aromatic heterocycles. The van der Waals surface area contributed by atoms with E-state index in [1.807, 2.05) is 6.92 Å². The van der Waals surface area contributed by atoms with Crippen molar-refractivity contribution >= 4 is 11.4 Å². The highest BCUT2D eigenvalue weighted by molar-refractivity contribution is 5.56. The van der Waals surface area contributed by atoms with E-state index in [1.54, 1.807) is 18.2 Å². The Morgan fingerprint density at radius 1 is 1.40 bits per heavy atom. The Hall–Kier alpha value is -1.66. The summed E-state index contributed by atoms with van der Waals surface area (Å²) in [5.74, 6) is 0. The molecule has 20 heavy (non-hydrogen) atoms. The number of nitrogens with one attached hydrogen (secondary N) is 2. The van der Waals surface area contributed by atoms with E-state index < -0.39 is 0 Å². The number of hydrogen-bond acceptors (Lipinski definition) is 5. The van der Waals surface area contributed by atoms with E-state index in [0.29, 0.717) is 0 Å². The van der Waals surface area contributed by atoms with Crippen molar-refractivity contribution in [2.75, 3.05) is 44.6 Å². The number of piperazine rings is 1. The van der Waals surface area contributed by atoms with Crippen LogP contribution in [0.15, 0.2) is 18.2 Å². The molecule has 0 atom stereocenters. The Labute approximate surface area is 119 Å². The molecule has 1 saturated heterocycles. The van der Waals surface area contributed by atoms with E-state index in [4.69, 9.17) is 0 Å². The Balaban J connectivity index is 1.78. The molecule has 0 amide bonds. The molecule has 0 bridgehead atoms. The summed E-state index contributed by atoms with van der Waals surface area (Å²) in [4.78, 5) is 12.9. The average molecular weight is 278 g/mol. The first-order chi connectivity index (χ1) is 9.66. The third-order valence-electron chi connectivity index (χ3n) is 3.61. The zero-order valence-corrected chi connectivity index (χ0v) is 11.9. The van der Waals surface area contributed by atoms with Crippen molar-refractivity contribution in [3.05, 3.63) is 33.9 Å². The number of non-ortho nitro benzene ring substituents is 1. The van der Waals surface area contributed by atoms with Gasteiger partial charge in [0.15, 0.2) is 0 Å². The van der Waals surface area contributed by atoms with E-state index in [0.717, 1.165) is 56.9 Å². The summed E-state index contributed by atoms with van der Waals surface area (Å²) < 4.78 is 0. The predicted octanol–water partition coefficient (Wildman–Crippen LogP) is 1.61. The van der Waals surface area contributed by atoms with Gasteiger partial charge in [0, 0.05) is 50.5 Å². The van der Waals surface area contributed by atoms with Crippen LogP contribution in [0.4, 0.5) is 11.4 Å². The van der Waals surface area contributed by atoms with Crippen molar-refractivity contribution in [3.63, 3.8) is 0 Å². The minimum absolute atomic E-state index is 0.139.